The van der Waals surface area contributed by atoms with Gasteiger partial charge in [0.05, 0.1) is 26.7 Å². The molecule has 0 N–H and O–H groups in total. The van der Waals surface area contributed by atoms with Crippen LogP contribution in [0.3, 0.4) is 0 Å². The minimum atomic E-state index is -0.144. The maximum Gasteiger partial charge on any atom is 0.227 e. The molecular formula is C21H24ClNO4. The van der Waals surface area contributed by atoms with Crippen molar-refractivity contribution in [3.63, 3.8) is 0 Å². The minimum absolute atomic E-state index is 0.0933. The van der Waals surface area contributed by atoms with E-state index in [2.05, 4.69) is 0 Å². The molecule has 0 aromatic heterocycles. The molecule has 6 heteroatoms. The van der Waals surface area contributed by atoms with Crippen LogP contribution in [-0.4, -0.2) is 50.3 Å². The minimum Gasteiger partial charge on any atom is -0.497 e. The molecular weight excluding hydrogens is 366 g/mol. The lowest BCUT2D eigenvalue weighted by Gasteiger charge is -2.33. The summed E-state index contributed by atoms with van der Waals surface area (Å²) in [5, 5.41) is 0.714. The lowest BCUT2D eigenvalue weighted by atomic mass is 10.1. The molecule has 0 aliphatic carbocycles. The molecule has 5 nitrogen and oxygen atoms in total. The van der Waals surface area contributed by atoms with E-state index in [1.807, 2.05) is 54.3 Å². The molecule has 2 aromatic carbocycles. The van der Waals surface area contributed by atoms with Crippen LogP contribution in [-0.2, 0) is 16.0 Å². The first-order valence-electron chi connectivity index (χ1n) is 8.96. The van der Waals surface area contributed by atoms with Gasteiger partial charge in [0, 0.05) is 11.6 Å². The average Bonchev–Trinajstić information content (AvgIpc) is 2.69. The predicted octanol–water partition coefficient (Wildman–Crippen LogP) is 3.51. The number of rotatable bonds is 6. The maximum atomic E-state index is 12.6. The van der Waals surface area contributed by atoms with Gasteiger partial charge in [0.2, 0.25) is 5.91 Å². The molecule has 1 fully saturated rings. The summed E-state index contributed by atoms with van der Waals surface area (Å²) in [5.74, 6) is 1.63. The van der Waals surface area contributed by atoms with Crippen LogP contribution in [0.5, 0.6) is 11.5 Å². The van der Waals surface area contributed by atoms with Gasteiger partial charge in [0.15, 0.2) is 0 Å². The Morgan fingerprint density at radius 2 is 1.96 bits per heavy atom. The molecule has 1 unspecified atom stereocenters. The van der Waals surface area contributed by atoms with Gasteiger partial charge >= 0.3 is 0 Å². The summed E-state index contributed by atoms with van der Waals surface area (Å²) in [6.07, 6.45) is 0.225. The molecule has 1 aliphatic rings. The van der Waals surface area contributed by atoms with Gasteiger partial charge in [-0.1, -0.05) is 23.7 Å². The number of carbonyl (C=O) groups is 1. The Balaban J connectivity index is 1.51. The molecule has 1 saturated heterocycles. The molecule has 1 amide bonds. The average molecular weight is 390 g/mol. The molecule has 144 valence electrons. The number of amides is 1. The highest BCUT2D eigenvalue weighted by atomic mass is 35.5. The Morgan fingerprint density at radius 3 is 2.67 bits per heavy atom. The summed E-state index contributed by atoms with van der Waals surface area (Å²) in [6, 6.07) is 13.1. The third-order valence-corrected chi connectivity index (χ3v) is 5.00. The highest BCUT2D eigenvalue weighted by molar-refractivity contribution is 6.31. The topological polar surface area (TPSA) is 48.0 Å². The van der Waals surface area contributed by atoms with E-state index in [0.717, 1.165) is 22.6 Å². The van der Waals surface area contributed by atoms with Gasteiger partial charge in [-0.15, -0.1) is 0 Å². The van der Waals surface area contributed by atoms with E-state index in [0.29, 0.717) is 37.7 Å². The quantitative estimate of drug-likeness (QED) is 0.758. The number of hydrogen-bond donors (Lipinski definition) is 0. The Bertz CT molecular complexity index is 778. The number of halogens is 1. The number of hydrogen-bond acceptors (Lipinski definition) is 4. The molecule has 3 rings (SSSR count). The standard InChI is InChI=1S/C21H24ClNO4/c1-15-11-18(7-8-20(15)22)27-14-19-13-23(9-10-26-19)21(24)12-16-3-5-17(25-2)6-4-16/h3-8,11,19H,9-10,12-14H2,1-2H3. The van der Waals surface area contributed by atoms with E-state index in [9.17, 15) is 4.79 Å². The van der Waals surface area contributed by atoms with E-state index >= 15 is 0 Å². The molecule has 0 bridgehead atoms. The molecule has 1 heterocycles. The number of benzene rings is 2. The largest absolute Gasteiger partial charge is 0.497 e. The van der Waals surface area contributed by atoms with Crippen molar-refractivity contribution in [3.8, 4) is 11.5 Å². The van der Waals surface area contributed by atoms with Gasteiger partial charge in [-0.05, 0) is 48.4 Å². The van der Waals surface area contributed by atoms with Crippen LogP contribution in [0.15, 0.2) is 42.5 Å². The molecule has 1 atom stereocenters. The zero-order valence-electron chi connectivity index (χ0n) is 15.6. The molecule has 2 aromatic rings. The van der Waals surface area contributed by atoms with E-state index in [-0.39, 0.29) is 12.0 Å². The van der Waals surface area contributed by atoms with Crippen molar-refractivity contribution < 1.29 is 19.0 Å². The van der Waals surface area contributed by atoms with Crippen molar-refractivity contribution in [1.29, 1.82) is 0 Å². The zero-order chi connectivity index (χ0) is 19.2. The third kappa shape index (κ3) is 5.37. The summed E-state index contributed by atoms with van der Waals surface area (Å²) in [5.41, 5.74) is 1.94. The summed E-state index contributed by atoms with van der Waals surface area (Å²) >= 11 is 6.04. The Morgan fingerprint density at radius 1 is 1.22 bits per heavy atom. The van der Waals surface area contributed by atoms with Gasteiger partial charge < -0.3 is 19.1 Å². The van der Waals surface area contributed by atoms with Crippen LogP contribution in [0.4, 0.5) is 0 Å². The van der Waals surface area contributed by atoms with Crippen molar-refractivity contribution in [3.05, 3.63) is 58.6 Å². The van der Waals surface area contributed by atoms with Crippen molar-refractivity contribution in [1.82, 2.24) is 4.90 Å². The van der Waals surface area contributed by atoms with E-state index in [1.54, 1.807) is 7.11 Å². The van der Waals surface area contributed by atoms with E-state index in [1.165, 1.54) is 0 Å². The first-order valence-corrected chi connectivity index (χ1v) is 9.34. The van der Waals surface area contributed by atoms with E-state index < -0.39 is 0 Å². The fraction of sp³-hybridized carbons (Fsp3) is 0.381. The van der Waals surface area contributed by atoms with Crippen LogP contribution in [0.1, 0.15) is 11.1 Å². The second-order valence-electron chi connectivity index (χ2n) is 6.58. The summed E-state index contributed by atoms with van der Waals surface area (Å²) in [4.78, 5) is 14.4. The van der Waals surface area contributed by atoms with Crippen LogP contribution in [0.25, 0.3) is 0 Å². The summed E-state index contributed by atoms with van der Waals surface area (Å²) < 4.78 is 16.7. The monoisotopic (exact) mass is 389 g/mol. The molecule has 0 saturated carbocycles. The smallest absolute Gasteiger partial charge is 0.227 e. The lowest BCUT2D eigenvalue weighted by molar-refractivity contribution is -0.139. The van der Waals surface area contributed by atoms with Crippen molar-refractivity contribution in [2.24, 2.45) is 0 Å². The third-order valence-electron chi connectivity index (χ3n) is 4.57. The van der Waals surface area contributed by atoms with Crippen molar-refractivity contribution in [2.75, 3.05) is 33.4 Å². The Labute approximate surface area is 164 Å². The number of methoxy groups -OCH3 is 1. The number of ether oxygens (including phenoxy) is 3. The van der Waals surface area contributed by atoms with E-state index in [4.69, 9.17) is 25.8 Å². The maximum absolute atomic E-state index is 12.6. The number of morpholine rings is 1. The van der Waals surface area contributed by atoms with Gasteiger partial charge in [-0.2, -0.15) is 0 Å². The van der Waals surface area contributed by atoms with Crippen LogP contribution >= 0.6 is 11.6 Å². The predicted molar refractivity (Wildman–Crippen MR) is 105 cm³/mol. The first kappa shape index (κ1) is 19.5. The second kappa shape index (κ2) is 9.11. The SMILES string of the molecule is COc1ccc(CC(=O)N2CCOC(COc3ccc(Cl)c(C)c3)C2)cc1. The van der Waals surface area contributed by atoms with Gasteiger partial charge in [-0.3, -0.25) is 4.79 Å². The number of aryl methyl sites for hydroxylation is 1. The van der Waals surface area contributed by atoms with Gasteiger partial charge in [0.25, 0.3) is 0 Å². The molecule has 0 spiro atoms. The van der Waals surface area contributed by atoms with Gasteiger partial charge in [0.1, 0.15) is 24.2 Å². The Kier molecular flexibility index (Phi) is 6.58. The molecule has 0 radical (unpaired) electrons. The zero-order valence-corrected chi connectivity index (χ0v) is 16.4. The van der Waals surface area contributed by atoms with Crippen LogP contribution in [0.2, 0.25) is 5.02 Å². The fourth-order valence-corrected chi connectivity index (χ4v) is 3.09. The Hall–Kier alpha value is -2.24. The van der Waals surface area contributed by atoms with Crippen molar-refractivity contribution in [2.45, 2.75) is 19.4 Å². The van der Waals surface area contributed by atoms with Gasteiger partial charge in [-0.25, -0.2) is 0 Å². The fourth-order valence-electron chi connectivity index (χ4n) is 2.97. The lowest BCUT2D eigenvalue weighted by Crippen LogP contribution is -2.48. The highest BCUT2D eigenvalue weighted by Gasteiger charge is 2.24. The van der Waals surface area contributed by atoms with Crippen LogP contribution in [0, 0.1) is 6.92 Å². The summed E-state index contributed by atoms with van der Waals surface area (Å²) in [6.45, 7) is 3.98. The van der Waals surface area contributed by atoms with Crippen LogP contribution < -0.4 is 9.47 Å². The van der Waals surface area contributed by atoms with Crippen molar-refractivity contribution >= 4 is 17.5 Å². The highest BCUT2D eigenvalue weighted by Crippen LogP contribution is 2.21. The number of carbonyl (C=O) groups excluding carboxylic acids is 1. The molecule has 1 aliphatic heterocycles. The normalized spacial score (nSPS) is 16.9. The number of nitrogens with zero attached hydrogens (tertiary/aromatic N) is 1. The summed E-state index contributed by atoms with van der Waals surface area (Å²) in [7, 11) is 1.63. The second-order valence-corrected chi connectivity index (χ2v) is 6.99. The first-order chi connectivity index (χ1) is 13.0. The molecule has 27 heavy (non-hydrogen) atoms.